The highest BCUT2D eigenvalue weighted by atomic mass is 32.1. The zero-order valence-corrected chi connectivity index (χ0v) is 20.9. The molecule has 0 saturated carbocycles. The number of carbonyl (C=O) groups is 1. The topological polar surface area (TPSA) is 81.9 Å². The summed E-state index contributed by atoms with van der Waals surface area (Å²) in [5.41, 5.74) is 2.45. The van der Waals surface area contributed by atoms with E-state index in [0.717, 1.165) is 16.7 Å². The lowest BCUT2D eigenvalue weighted by Crippen LogP contribution is -2.36. The van der Waals surface area contributed by atoms with Gasteiger partial charge in [-0.1, -0.05) is 91.0 Å². The van der Waals surface area contributed by atoms with Crippen molar-refractivity contribution >= 4 is 31.0 Å². The van der Waals surface area contributed by atoms with Gasteiger partial charge in [-0.05, 0) is 28.8 Å². The second-order valence-electron chi connectivity index (χ2n) is 8.48. The first kappa shape index (κ1) is 25.9. The summed E-state index contributed by atoms with van der Waals surface area (Å²) in [5, 5.41) is 11.0. The Labute approximate surface area is 221 Å². The molecule has 0 N–H and O–H groups in total. The summed E-state index contributed by atoms with van der Waals surface area (Å²) in [6.07, 6.45) is -1.04. The molecule has 4 aromatic carbocycles. The van der Waals surface area contributed by atoms with Crippen molar-refractivity contribution in [1.29, 1.82) is 0 Å². The molecule has 1 aliphatic heterocycles. The molecule has 7 nitrogen and oxygen atoms in total. The van der Waals surface area contributed by atoms with E-state index in [9.17, 15) is 14.9 Å². The summed E-state index contributed by atoms with van der Waals surface area (Å²) < 4.78 is 12.4. The molecule has 188 valence electrons. The Morgan fingerprint density at radius 2 is 1.27 bits per heavy atom. The van der Waals surface area contributed by atoms with Crippen LogP contribution in [0.4, 0.5) is 16.2 Å². The van der Waals surface area contributed by atoms with Crippen LogP contribution in [-0.4, -0.2) is 30.3 Å². The van der Waals surface area contributed by atoms with Crippen molar-refractivity contribution in [2.24, 2.45) is 0 Å². The van der Waals surface area contributed by atoms with Crippen LogP contribution in [0.1, 0.15) is 16.7 Å². The van der Waals surface area contributed by atoms with Gasteiger partial charge in [-0.25, -0.2) is 4.79 Å². The van der Waals surface area contributed by atoms with Crippen LogP contribution in [0.2, 0.25) is 0 Å². The summed E-state index contributed by atoms with van der Waals surface area (Å²) in [7, 11) is 0. The number of cyclic esters (lactones) is 1. The molecule has 1 amide bonds. The average molecular weight is 515 g/mol. The molecule has 0 unspecified atom stereocenters. The molecule has 1 atom stereocenters. The van der Waals surface area contributed by atoms with Crippen LogP contribution in [0.3, 0.4) is 0 Å². The smallest absolute Gasteiger partial charge is 0.414 e. The van der Waals surface area contributed by atoms with E-state index in [1.807, 2.05) is 91.0 Å². The Morgan fingerprint density at radius 1 is 0.811 bits per heavy atom. The van der Waals surface area contributed by atoms with Crippen molar-refractivity contribution in [2.75, 3.05) is 18.1 Å². The zero-order valence-electron chi connectivity index (χ0n) is 19.9. The zero-order chi connectivity index (χ0) is 25.0. The van der Waals surface area contributed by atoms with Crippen molar-refractivity contribution in [3.8, 4) is 0 Å². The minimum absolute atomic E-state index is 0. The van der Waals surface area contributed by atoms with Crippen LogP contribution < -0.4 is 4.90 Å². The number of hydrogen-bond donors (Lipinski definition) is 0. The van der Waals surface area contributed by atoms with Crippen LogP contribution >= 0.6 is 13.5 Å². The molecule has 0 radical (unpaired) electrons. The number of benzene rings is 4. The molecule has 8 heteroatoms. The highest BCUT2D eigenvalue weighted by Gasteiger charge is 2.40. The average Bonchev–Trinajstić information content (AvgIpc) is 3.31. The van der Waals surface area contributed by atoms with Crippen molar-refractivity contribution in [3.63, 3.8) is 0 Å². The minimum Gasteiger partial charge on any atom is -0.441 e. The molecule has 5 rings (SSSR count). The predicted octanol–water partition coefficient (Wildman–Crippen LogP) is 6.04. The maximum atomic E-state index is 12.7. The third-order valence-electron chi connectivity index (χ3n) is 6.27. The lowest BCUT2D eigenvalue weighted by atomic mass is 9.80. The predicted molar refractivity (Wildman–Crippen MR) is 146 cm³/mol. The largest absolute Gasteiger partial charge is 0.441 e. The summed E-state index contributed by atoms with van der Waals surface area (Å²) in [4.78, 5) is 24.6. The molecular formula is C29H26N2O5S. The van der Waals surface area contributed by atoms with E-state index >= 15 is 0 Å². The van der Waals surface area contributed by atoms with Crippen LogP contribution in [0.5, 0.6) is 0 Å². The van der Waals surface area contributed by atoms with E-state index < -0.39 is 22.7 Å². The van der Waals surface area contributed by atoms with E-state index in [-0.39, 0.29) is 32.3 Å². The van der Waals surface area contributed by atoms with Gasteiger partial charge in [0.25, 0.3) is 5.69 Å². The van der Waals surface area contributed by atoms with Gasteiger partial charge in [0, 0.05) is 17.8 Å². The van der Waals surface area contributed by atoms with Crippen LogP contribution in [0.15, 0.2) is 115 Å². The molecule has 1 aliphatic rings. The lowest BCUT2D eigenvalue weighted by molar-refractivity contribution is -0.384. The first-order chi connectivity index (χ1) is 17.6. The third-order valence-corrected chi connectivity index (χ3v) is 6.27. The van der Waals surface area contributed by atoms with Gasteiger partial charge in [-0.3, -0.25) is 15.0 Å². The van der Waals surface area contributed by atoms with Crippen LogP contribution in [0.25, 0.3) is 0 Å². The Morgan fingerprint density at radius 3 is 1.70 bits per heavy atom. The van der Waals surface area contributed by atoms with Gasteiger partial charge in [-0.2, -0.15) is 13.5 Å². The highest BCUT2D eigenvalue weighted by molar-refractivity contribution is 7.59. The Bertz CT molecular complexity index is 1240. The molecule has 0 bridgehead atoms. The van der Waals surface area contributed by atoms with Gasteiger partial charge in [0.1, 0.15) is 11.7 Å². The number of ether oxygens (including phenoxy) is 2. The maximum Gasteiger partial charge on any atom is 0.414 e. The van der Waals surface area contributed by atoms with Gasteiger partial charge in [-0.15, -0.1) is 0 Å². The van der Waals surface area contributed by atoms with Crippen molar-refractivity contribution in [3.05, 3.63) is 142 Å². The lowest BCUT2D eigenvalue weighted by Gasteiger charge is -2.36. The standard InChI is InChI=1S/C29H24N2O5.H2S/c32-28-30(25-16-18-26(19-17-25)31(33)34)20-27(36-28)21-35-29(22-10-4-1-5-11-22,23-12-6-2-7-13-23)24-14-8-3-9-15-24;/h1-19,27H,20-21H2;1H2/t27-;/m0./s1. The van der Waals surface area contributed by atoms with E-state index in [0.29, 0.717) is 5.69 Å². The SMILES string of the molecule is O=C1O[C@H](COC(c2ccccc2)(c2ccccc2)c2ccccc2)CN1c1ccc([N+](=O)[O-])cc1.S. The number of anilines is 1. The van der Waals surface area contributed by atoms with E-state index in [1.165, 1.54) is 17.0 Å². The van der Waals surface area contributed by atoms with E-state index in [4.69, 9.17) is 9.47 Å². The summed E-state index contributed by atoms with van der Waals surface area (Å²) >= 11 is 0. The number of nitro groups is 1. The number of rotatable bonds is 8. The summed E-state index contributed by atoms with van der Waals surface area (Å²) in [5.74, 6) is 0. The number of nitrogens with zero attached hydrogens (tertiary/aromatic N) is 2. The quantitative estimate of drug-likeness (QED) is 0.163. The molecule has 0 aliphatic carbocycles. The Balaban J connectivity index is 0.00000320. The molecule has 1 heterocycles. The number of carbonyl (C=O) groups excluding carboxylic acids is 1. The number of amides is 1. The fourth-order valence-corrected chi connectivity index (χ4v) is 4.56. The van der Waals surface area contributed by atoms with E-state index in [2.05, 4.69) is 0 Å². The van der Waals surface area contributed by atoms with Crippen molar-refractivity contribution < 1.29 is 19.2 Å². The molecule has 0 aromatic heterocycles. The highest BCUT2D eigenvalue weighted by Crippen LogP contribution is 2.41. The monoisotopic (exact) mass is 514 g/mol. The second kappa shape index (κ2) is 11.3. The molecule has 4 aromatic rings. The molecule has 37 heavy (non-hydrogen) atoms. The van der Waals surface area contributed by atoms with Crippen LogP contribution in [-0.2, 0) is 15.1 Å². The van der Waals surface area contributed by atoms with Gasteiger partial charge in [0.15, 0.2) is 0 Å². The maximum absolute atomic E-state index is 12.7. The molecule has 1 fully saturated rings. The normalized spacial score (nSPS) is 15.1. The van der Waals surface area contributed by atoms with Crippen LogP contribution in [0, 0.1) is 10.1 Å². The van der Waals surface area contributed by atoms with Crippen molar-refractivity contribution in [2.45, 2.75) is 11.7 Å². The van der Waals surface area contributed by atoms with E-state index in [1.54, 1.807) is 12.1 Å². The minimum atomic E-state index is -0.920. The summed E-state index contributed by atoms with van der Waals surface area (Å²) in [6, 6.07) is 35.8. The third kappa shape index (κ3) is 5.21. The second-order valence-corrected chi connectivity index (χ2v) is 8.48. The number of hydrogen-bond acceptors (Lipinski definition) is 5. The fraction of sp³-hybridized carbons (Fsp3) is 0.138. The number of nitro benzene ring substituents is 1. The van der Waals surface area contributed by atoms with Gasteiger partial charge >= 0.3 is 6.09 Å². The van der Waals surface area contributed by atoms with Gasteiger partial charge in [0.05, 0.1) is 18.1 Å². The Hall–Kier alpha value is -4.14. The van der Waals surface area contributed by atoms with Gasteiger partial charge in [0.2, 0.25) is 0 Å². The fourth-order valence-electron chi connectivity index (χ4n) is 4.56. The molecular weight excluding hydrogens is 488 g/mol. The number of non-ortho nitro benzene ring substituents is 1. The Kier molecular flexibility index (Phi) is 7.91. The van der Waals surface area contributed by atoms with Gasteiger partial charge < -0.3 is 9.47 Å². The summed E-state index contributed by atoms with van der Waals surface area (Å²) in [6.45, 7) is 0.416. The first-order valence-corrected chi connectivity index (χ1v) is 11.6. The molecule has 0 spiro atoms. The first-order valence-electron chi connectivity index (χ1n) is 11.6. The van der Waals surface area contributed by atoms with Crippen molar-refractivity contribution in [1.82, 2.24) is 0 Å². The molecule has 1 saturated heterocycles.